The smallest absolute Gasteiger partial charge is 0.329 e. The van der Waals surface area contributed by atoms with Gasteiger partial charge in [0.25, 0.3) is 5.91 Å². The van der Waals surface area contributed by atoms with Crippen molar-refractivity contribution in [2.45, 2.75) is 26.3 Å². The molecule has 0 radical (unpaired) electrons. The van der Waals surface area contributed by atoms with Gasteiger partial charge in [0, 0.05) is 16.7 Å². The van der Waals surface area contributed by atoms with Crippen LogP contribution < -0.4 is 25.5 Å². The molecule has 0 heterocycles. The van der Waals surface area contributed by atoms with Crippen LogP contribution in [-0.4, -0.2) is 37.7 Å². The fourth-order valence-corrected chi connectivity index (χ4v) is 3.52. The molecule has 3 aromatic rings. The Morgan fingerprint density at radius 1 is 0.947 bits per heavy atom. The summed E-state index contributed by atoms with van der Waals surface area (Å²) >= 11 is 3.34. The van der Waals surface area contributed by atoms with Gasteiger partial charge in [-0.15, -0.1) is 0 Å². The molecular weight excluding hydrogens is 552 g/mol. The number of hydrogen-bond acceptors (Lipinski definition) is 6. The average Bonchev–Trinajstić information content (AvgIpc) is 2.92. The zero-order valence-corrected chi connectivity index (χ0v) is 22.9. The standard InChI is InChI=1S/C28H29BrN4O5/c1-18(2)21-7-4-19(5-8-21)15-30-27(35)28(36)33-31-16-20-6-13-24(25(14-20)37-3)38-17-26(34)32-23-11-9-22(29)10-12-23/h4-14,16,18H,15,17H2,1-3H3,(H,30,35)(H,32,34)(H,33,36)/b31-16-. The van der Waals surface area contributed by atoms with E-state index in [9.17, 15) is 14.4 Å². The van der Waals surface area contributed by atoms with Gasteiger partial charge in [0.05, 0.1) is 13.3 Å². The van der Waals surface area contributed by atoms with Crippen LogP contribution in [0.15, 0.2) is 76.3 Å². The van der Waals surface area contributed by atoms with Crippen LogP contribution in [0.1, 0.15) is 36.5 Å². The van der Waals surface area contributed by atoms with E-state index in [2.05, 4.69) is 50.9 Å². The number of anilines is 1. The Labute approximate surface area is 229 Å². The zero-order valence-electron chi connectivity index (χ0n) is 21.3. The second-order valence-corrected chi connectivity index (χ2v) is 9.45. The molecule has 0 aliphatic rings. The molecule has 0 unspecified atom stereocenters. The molecule has 0 saturated carbocycles. The maximum atomic E-state index is 12.2. The second kappa shape index (κ2) is 13.9. The maximum absolute atomic E-state index is 12.2. The van der Waals surface area contributed by atoms with Gasteiger partial charge >= 0.3 is 11.8 Å². The van der Waals surface area contributed by atoms with Crippen molar-refractivity contribution in [1.82, 2.24) is 10.7 Å². The fraction of sp³-hybridized carbons (Fsp3) is 0.214. The van der Waals surface area contributed by atoms with Gasteiger partial charge in [-0.25, -0.2) is 5.43 Å². The Morgan fingerprint density at radius 2 is 1.66 bits per heavy atom. The quantitative estimate of drug-likeness (QED) is 0.187. The van der Waals surface area contributed by atoms with Crippen molar-refractivity contribution in [2.75, 3.05) is 19.0 Å². The Balaban J connectivity index is 1.47. The van der Waals surface area contributed by atoms with Crippen molar-refractivity contribution in [3.63, 3.8) is 0 Å². The molecule has 38 heavy (non-hydrogen) atoms. The Kier molecular flexibility index (Phi) is 10.4. The lowest BCUT2D eigenvalue weighted by molar-refractivity contribution is -0.139. The van der Waals surface area contributed by atoms with Crippen LogP contribution in [0.5, 0.6) is 11.5 Å². The molecule has 0 aromatic heterocycles. The second-order valence-electron chi connectivity index (χ2n) is 8.53. The van der Waals surface area contributed by atoms with Crippen LogP contribution in [0.25, 0.3) is 0 Å². The van der Waals surface area contributed by atoms with Gasteiger partial charge in [0.2, 0.25) is 0 Å². The number of amides is 3. The minimum Gasteiger partial charge on any atom is -0.493 e. The van der Waals surface area contributed by atoms with E-state index in [1.807, 2.05) is 36.4 Å². The van der Waals surface area contributed by atoms with Gasteiger partial charge in [-0.05, 0) is 65.1 Å². The van der Waals surface area contributed by atoms with Gasteiger partial charge in [-0.1, -0.05) is 54.0 Å². The van der Waals surface area contributed by atoms with Crippen LogP contribution in [-0.2, 0) is 20.9 Å². The number of hydrogen-bond donors (Lipinski definition) is 3. The molecule has 0 saturated heterocycles. The number of carbonyl (C=O) groups is 3. The Bertz CT molecular complexity index is 1290. The normalized spacial score (nSPS) is 10.8. The number of hydrazone groups is 1. The highest BCUT2D eigenvalue weighted by Crippen LogP contribution is 2.27. The van der Waals surface area contributed by atoms with Gasteiger partial charge in [0.15, 0.2) is 18.1 Å². The molecular formula is C28H29BrN4O5. The molecule has 198 valence electrons. The predicted octanol–water partition coefficient (Wildman–Crippen LogP) is 4.37. The number of nitrogens with one attached hydrogen (secondary N) is 3. The monoisotopic (exact) mass is 580 g/mol. The first-order valence-electron chi connectivity index (χ1n) is 11.8. The first-order chi connectivity index (χ1) is 18.2. The molecule has 9 nitrogen and oxygen atoms in total. The van der Waals surface area contributed by atoms with E-state index < -0.39 is 11.8 Å². The molecule has 0 aliphatic heterocycles. The van der Waals surface area contributed by atoms with E-state index in [0.29, 0.717) is 28.7 Å². The van der Waals surface area contributed by atoms with Gasteiger partial charge in [-0.2, -0.15) is 5.10 Å². The first-order valence-corrected chi connectivity index (χ1v) is 12.6. The third kappa shape index (κ3) is 8.74. The van der Waals surface area contributed by atoms with Crippen molar-refractivity contribution in [3.8, 4) is 11.5 Å². The fourth-order valence-electron chi connectivity index (χ4n) is 3.26. The summed E-state index contributed by atoms with van der Waals surface area (Å²) in [7, 11) is 1.47. The van der Waals surface area contributed by atoms with Crippen LogP contribution in [0.2, 0.25) is 0 Å². The highest BCUT2D eigenvalue weighted by atomic mass is 79.9. The molecule has 3 N–H and O–H groups in total. The lowest BCUT2D eigenvalue weighted by Gasteiger charge is -2.11. The number of ether oxygens (including phenoxy) is 2. The molecule has 0 atom stereocenters. The van der Waals surface area contributed by atoms with Crippen molar-refractivity contribution in [2.24, 2.45) is 5.10 Å². The van der Waals surface area contributed by atoms with E-state index in [0.717, 1.165) is 10.0 Å². The molecule has 0 fully saturated rings. The van der Waals surface area contributed by atoms with Crippen molar-refractivity contribution >= 4 is 45.6 Å². The van der Waals surface area contributed by atoms with Crippen LogP contribution in [0.4, 0.5) is 5.69 Å². The molecule has 3 amide bonds. The number of halogens is 1. The summed E-state index contributed by atoms with van der Waals surface area (Å²) in [5.41, 5.74) is 5.52. The summed E-state index contributed by atoms with van der Waals surface area (Å²) in [6.45, 7) is 4.22. The molecule has 0 spiro atoms. The molecule has 3 rings (SSSR count). The SMILES string of the molecule is COc1cc(/C=N\NC(=O)C(=O)NCc2ccc(C(C)C)cc2)ccc1OCC(=O)Nc1ccc(Br)cc1. The summed E-state index contributed by atoms with van der Waals surface area (Å²) in [6.07, 6.45) is 1.36. The lowest BCUT2D eigenvalue weighted by Crippen LogP contribution is -2.37. The molecule has 0 bridgehead atoms. The highest BCUT2D eigenvalue weighted by molar-refractivity contribution is 9.10. The number of carbonyl (C=O) groups excluding carboxylic acids is 3. The average molecular weight is 581 g/mol. The van der Waals surface area contributed by atoms with E-state index in [-0.39, 0.29) is 19.1 Å². The topological polar surface area (TPSA) is 118 Å². The summed E-state index contributed by atoms with van der Waals surface area (Å²) in [6, 6.07) is 19.9. The molecule has 3 aromatic carbocycles. The zero-order chi connectivity index (χ0) is 27.5. The number of benzene rings is 3. The van der Waals surface area contributed by atoms with Crippen molar-refractivity contribution < 1.29 is 23.9 Å². The summed E-state index contributed by atoms with van der Waals surface area (Å²) in [5.74, 6) is -0.853. The van der Waals surface area contributed by atoms with E-state index in [1.165, 1.54) is 18.9 Å². The van der Waals surface area contributed by atoms with E-state index >= 15 is 0 Å². The van der Waals surface area contributed by atoms with E-state index in [1.54, 1.807) is 30.3 Å². The van der Waals surface area contributed by atoms with Gasteiger partial charge in [0.1, 0.15) is 0 Å². The highest BCUT2D eigenvalue weighted by Gasteiger charge is 2.13. The third-order valence-electron chi connectivity index (χ3n) is 5.36. The van der Waals surface area contributed by atoms with E-state index in [4.69, 9.17) is 9.47 Å². The minimum absolute atomic E-state index is 0.215. The van der Waals surface area contributed by atoms with Crippen molar-refractivity contribution in [3.05, 3.63) is 87.9 Å². The van der Waals surface area contributed by atoms with Gasteiger partial charge < -0.3 is 20.1 Å². The summed E-state index contributed by atoms with van der Waals surface area (Å²) in [5, 5.41) is 9.14. The predicted molar refractivity (Wildman–Crippen MR) is 149 cm³/mol. The Hall–Kier alpha value is -4.18. The van der Waals surface area contributed by atoms with Crippen LogP contribution in [0.3, 0.4) is 0 Å². The number of rotatable bonds is 10. The largest absolute Gasteiger partial charge is 0.493 e. The number of methoxy groups -OCH3 is 1. The van der Waals surface area contributed by atoms with Crippen molar-refractivity contribution in [1.29, 1.82) is 0 Å². The molecule has 10 heteroatoms. The minimum atomic E-state index is -0.885. The first kappa shape index (κ1) is 28.4. The van der Waals surface area contributed by atoms with Crippen LogP contribution >= 0.6 is 15.9 Å². The Morgan fingerprint density at radius 3 is 2.32 bits per heavy atom. The van der Waals surface area contributed by atoms with Crippen LogP contribution in [0, 0.1) is 0 Å². The summed E-state index contributed by atoms with van der Waals surface area (Å²) in [4.78, 5) is 36.3. The molecule has 0 aliphatic carbocycles. The summed E-state index contributed by atoms with van der Waals surface area (Å²) < 4.78 is 11.8. The third-order valence-corrected chi connectivity index (χ3v) is 5.89. The number of nitrogens with zero attached hydrogens (tertiary/aromatic N) is 1. The lowest BCUT2D eigenvalue weighted by atomic mass is 10.0. The van der Waals surface area contributed by atoms with Gasteiger partial charge in [-0.3, -0.25) is 14.4 Å². The maximum Gasteiger partial charge on any atom is 0.329 e.